The molecule has 0 saturated heterocycles. The second kappa shape index (κ2) is 5.01. The molecule has 0 aromatic heterocycles. The van der Waals surface area contributed by atoms with Crippen molar-refractivity contribution < 1.29 is 9.90 Å². The fourth-order valence-electron chi connectivity index (χ4n) is 3.22. The first-order chi connectivity index (χ1) is 9.69. The number of aryl methyl sites for hydroxylation is 2. The molecular formula is C16H16N2O2. The van der Waals surface area contributed by atoms with Gasteiger partial charge in [0.05, 0.1) is 0 Å². The smallest absolute Gasteiger partial charge is 0.346 e. The van der Waals surface area contributed by atoms with Crippen molar-refractivity contribution in [2.75, 3.05) is 18.0 Å². The van der Waals surface area contributed by atoms with E-state index in [1.807, 2.05) is 12.1 Å². The van der Waals surface area contributed by atoms with Gasteiger partial charge in [-0.15, -0.1) is 0 Å². The Morgan fingerprint density at radius 1 is 1.25 bits per heavy atom. The van der Waals surface area contributed by atoms with E-state index in [1.54, 1.807) is 6.07 Å². The van der Waals surface area contributed by atoms with Crippen LogP contribution in [0.1, 0.15) is 29.5 Å². The van der Waals surface area contributed by atoms with Crippen LogP contribution in [-0.2, 0) is 17.6 Å². The summed E-state index contributed by atoms with van der Waals surface area (Å²) in [6.07, 6.45) is 5.84. The van der Waals surface area contributed by atoms with Gasteiger partial charge in [-0.1, -0.05) is 0 Å². The summed E-state index contributed by atoms with van der Waals surface area (Å²) in [5.74, 6) is -1.17. The number of hydrogen-bond donors (Lipinski definition) is 1. The van der Waals surface area contributed by atoms with Crippen molar-refractivity contribution in [1.29, 1.82) is 5.26 Å². The second-order valence-electron chi connectivity index (χ2n) is 5.36. The van der Waals surface area contributed by atoms with Crippen molar-refractivity contribution in [1.82, 2.24) is 0 Å². The Bertz CT molecular complexity index is 609. The van der Waals surface area contributed by atoms with Gasteiger partial charge in [-0.3, -0.25) is 0 Å². The van der Waals surface area contributed by atoms with Crippen LogP contribution in [0.5, 0.6) is 0 Å². The molecule has 0 atom stereocenters. The predicted octanol–water partition coefficient (Wildman–Crippen LogP) is 2.38. The minimum atomic E-state index is -1.17. The lowest BCUT2D eigenvalue weighted by Gasteiger charge is -2.37. The minimum Gasteiger partial charge on any atom is -0.477 e. The molecular weight excluding hydrogens is 252 g/mol. The average molecular weight is 268 g/mol. The van der Waals surface area contributed by atoms with Gasteiger partial charge in [0, 0.05) is 18.8 Å². The first-order valence-electron chi connectivity index (χ1n) is 6.95. The van der Waals surface area contributed by atoms with Crippen LogP contribution in [0.2, 0.25) is 0 Å². The Morgan fingerprint density at radius 2 is 1.85 bits per heavy atom. The zero-order valence-electron chi connectivity index (χ0n) is 11.2. The zero-order valence-corrected chi connectivity index (χ0v) is 11.2. The fourth-order valence-corrected chi connectivity index (χ4v) is 3.22. The van der Waals surface area contributed by atoms with Gasteiger partial charge in [-0.05, 0) is 60.6 Å². The lowest BCUT2D eigenvalue weighted by Crippen LogP contribution is -2.34. The van der Waals surface area contributed by atoms with E-state index in [-0.39, 0.29) is 5.57 Å². The van der Waals surface area contributed by atoms with Crippen molar-refractivity contribution in [2.45, 2.75) is 25.7 Å². The van der Waals surface area contributed by atoms with Gasteiger partial charge in [0.15, 0.2) is 0 Å². The number of nitrogens with zero attached hydrogens (tertiary/aromatic N) is 2. The van der Waals surface area contributed by atoms with E-state index in [2.05, 4.69) is 4.90 Å². The Labute approximate surface area is 117 Å². The molecule has 102 valence electrons. The molecule has 3 rings (SSSR count). The SMILES string of the molecule is N#C/C(=C\c1cc2c3c(c1)CCCN3CCC2)C(=O)O. The van der Waals surface area contributed by atoms with E-state index in [1.165, 1.54) is 22.9 Å². The van der Waals surface area contributed by atoms with Crippen LogP contribution >= 0.6 is 0 Å². The number of carboxylic acids is 1. The van der Waals surface area contributed by atoms with E-state index >= 15 is 0 Å². The monoisotopic (exact) mass is 268 g/mol. The number of hydrogen-bond acceptors (Lipinski definition) is 3. The molecule has 4 nitrogen and oxygen atoms in total. The Morgan fingerprint density at radius 3 is 2.35 bits per heavy atom. The summed E-state index contributed by atoms with van der Waals surface area (Å²) in [6.45, 7) is 2.24. The summed E-state index contributed by atoms with van der Waals surface area (Å²) in [5, 5.41) is 17.8. The van der Waals surface area contributed by atoms with Crippen LogP contribution in [0.4, 0.5) is 5.69 Å². The van der Waals surface area contributed by atoms with Gasteiger partial charge in [-0.2, -0.15) is 5.26 Å². The molecule has 20 heavy (non-hydrogen) atoms. The summed E-state index contributed by atoms with van der Waals surface area (Å²) in [4.78, 5) is 13.4. The van der Waals surface area contributed by atoms with Gasteiger partial charge in [0.25, 0.3) is 0 Å². The van der Waals surface area contributed by atoms with Gasteiger partial charge < -0.3 is 10.0 Å². The van der Waals surface area contributed by atoms with E-state index in [9.17, 15) is 4.79 Å². The minimum absolute atomic E-state index is 0.208. The van der Waals surface area contributed by atoms with Crippen LogP contribution in [0.25, 0.3) is 6.08 Å². The highest BCUT2D eigenvalue weighted by atomic mass is 16.4. The molecule has 0 radical (unpaired) electrons. The summed E-state index contributed by atoms with van der Waals surface area (Å²) >= 11 is 0. The number of benzene rings is 1. The zero-order chi connectivity index (χ0) is 14.1. The van der Waals surface area contributed by atoms with E-state index in [4.69, 9.17) is 10.4 Å². The number of anilines is 1. The van der Waals surface area contributed by atoms with Crippen LogP contribution < -0.4 is 4.90 Å². The number of rotatable bonds is 2. The highest BCUT2D eigenvalue weighted by Gasteiger charge is 2.24. The van der Waals surface area contributed by atoms with E-state index < -0.39 is 5.97 Å². The number of nitriles is 1. The van der Waals surface area contributed by atoms with Crippen molar-refractivity contribution in [2.24, 2.45) is 0 Å². The molecule has 0 aliphatic carbocycles. The topological polar surface area (TPSA) is 64.3 Å². The molecule has 0 unspecified atom stereocenters. The molecule has 0 bridgehead atoms. The molecule has 1 aromatic carbocycles. The largest absolute Gasteiger partial charge is 0.477 e. The Kier molecular flexibility index (Phi) is 3.19. The van der Waals surface area contributed by atoms with Crippen LogP contribution in [0.3, 0.4) is 0 Å². The van der Waals surface area contributed by atoms with Crippen molar-refractivity contribution in [3.63, 3.8) is 0 Å². The molecule has 0 amide bonds. The van der Waals surface area contributed by atoms with Crippen molar-refractivity contribution in [3.8, 4) is 6.07 Å². The number of aliphatic carboxylic acids is 1. The maximum atomic E-state index is 10.9. The summed E-state index contributed by atoms with van der Waals surface area (Å²) in [5.41, 5.74) is 4.57. The van der Waals surface area contributed by atoms with Crippen LogP contribution in [0.15, 0.2) is 17.7 Å². The Balaban J connectivity index is 2.08. The number of carboxylic acid groups (broad SMARTS) is 1. The lowest BCUT2D eigenvalue weighted by atomic mass is 9.90. The summed E-state index contributed by atoms with van der Waals surface area (Å²) in [6, 6.07) is 5.82. The Hall–Kier alpha value is -2.28. The molecule has 0 spiro atoms. The fraction of sp³-hybridized carbons (Fsp3) is 0.375. The third-order valence-corrected chi connectivity index (χ3v) is 4.02. The molecule has 2 aliphatic rings. The standard InChI is InChI=1S/C16H16N2O2/c17-10-14(16(19)20)9-11-7-12-3-1-5-18-6-2-4-13(8-11)15(12)18/h7-9H,1-6H2,(H,19,20)/b14-9+. The van der Waals surface area contributed by atoms with Gasteiger partial charge in [-0.25, -0.2) is 4.79 Å². The molecule has 0 saturated carbocycles. The summed E-state index contributed by atoms with van der Waals surface area (Å²) in [7, 11) is 0. The highest BCUT2D eigenvalue weighted by Crippen LogP contribution is 2.36. The quantitative estimate of drug-likeness (QED) is 0.660. The first-order valence-corrected chi connectivity index (χ1v) is 6.95. The molecule has 0 fully saturated rings. The average Bonchev–Trinajstić information content (AvgIpc) is 2.45. The van der Waals surface area contributed by atoms with Gasteiger partial charge >= 0.3 is 5.97 Å². The van der Waals surface area contributed by atoms with E-state index in [0.29, 0.717) is 0 Å². The van der Waals surface area contributed by atoms with E-state index in [0.717, 1.165) is 44.3 Å². The predicted molar refractivity (Wildman–Crippen MR) is 76.5 cm³/mol. The third kappa shape index (κ3) is 2.16. The van der Waals surface area contributed by atoms with Gasteiger partial charge in [0.1, 0.15) is 11.6 Å². The lowest BCUT2D eigenvalue weighted by molar-refractivity contribution is -0.132. The maximum Gasteiger partial charge on any atom is 0.346 e. The molecule has 4 heteroatoms. The summed E-state index contributed by atoms with van der Waals surface area (Å²) < 4.78 is 0. The second-order valence-corrected chi connectivity index (χ2v) is 5.36. The van der Waals surface area contributed by atoms with Gasteiger partial charge in [0.2, 0.25) is 0 Å². The first kappa shape index (κ1) is 12.7. The maximum absolute atomic E-state index is 10.9. The highest BCUT2D eigenvalue weighted by molar-refractivity contribution is 5.96. The molecule has 1 N–H and O–H groups in total. The normalized spacial score (nSPS) is 17.4. The van der Waals surface area contributed by atoms with Crippen molar-refractivity contribution >= 4 is 17.7 Å². The van der Waals surface area contributed by atoms with Crippen LogP contribution in [0, 0.1) is 11.3 Å². The van der Waals surface area contributed by atoms with Crippen molar-refractivity contribution in [3.05, 3.63) is 34.4 Å². The molecule has 1 aromatic rings. The number of carbonyl (C=O) groups is 1. The van der Waals surface area contributed by atoms with Crippen LogP contribution in [-0.4, -0.2) is 24.2 Å². The molecule has 2 aliphatic heterocycles. The molecule has 2 heterocycles. The third-order valence-electron chi connectivity index (χ3n) is 4.02.